The second-order valence-electron chi connectivity index (χ2n) is 3.84. The predicted molar refractivity (Wildman–Crippen MR) is 62.8 cm³/mol. The van der Waals surface area contributed by atoms with E-state index in [2.05, 4.69) is 34.1 Å². The summed E-state index contributed by atoms with van der Waals surface area (Å²) >= 11 is 0. The Balaban J connectivity index is 2.49. The molecule has 0 bridgehead atoms. The van der Waals surface area contributed by atoms with Crippen molar-refractivity contribution in [3.63, 3.8) is 0 Å². The van der Waals surface area contributed by atoms with Crippen molar-refractivity contribution in [1.29, 1.82) is 0 Å². The Morgan fingerprint density at radius 1 is 1.31 bits per heavy atom. The van der Waals surface area contributed by atoms with Gasteiger partial charge in [-0.2, -0.15) is 0 Å². The monoisotopic (exact) mass is 217 g/mol. The Labute approximate surface area is 94.6 Å². The number of imidazole rings is 1. The third kappa shape index (κ3) is 2.03. The maximum atomic E-state index is 4.50. The first kappa shape index (κ1) is 10.6. The van der Waals surface area contributed by atoms with Crippen LogP contribution in [0.3, 0.4) is 0 Å². The van der Waals surface area contributed by atoms with Crippen LogP contribution in [0.2, 0.25) is 0 Å². The van der Waals surface area contributed by atoms with Crippen molar-refractivity contribution in [2.24, 2.45) is 0 Å². The van der Waals surface area contributed by atoms with E-state index in [4.69, 9.17) is 0 Å². The van der Waals surface area contributed by atoms with Gasteiger partial charge in [-0.15, -0.1) is 0 Å². The lowest BCUT2D eigenvalue weighted by Gasteiger charge is -2.09. The van der Waals surface area contributed by atoms with Gasteiger partial charge in [0.25, 0.3) is 0 Å². The summed E-state index contributed by atoms with van der Waals surface area (Å²) in [5.74, 6) is 2.79. The molecule has 0 atom stereocenters. The van der Waals surface area contributed by atoms with Crippen molar-refractivity contribution in [3.05, 3.63) is 30.6 Å². The zero-order chi connectivity index (χ0) is 11.5. The van der Waals surface area contributed by atoms with Crippen LogP contribution in [-0.4, -0.2) is 26.6 Å². The van der Waals surface area contributed by atoms with E-state index in [0.29, 0.717) is 5.92 Å². The summed E-state index contributed by atoms with van der Waals surface area (Å²) in [6.07, 6.45) is 5.33. The molecule has 2 rings (SSSR count). The third-order valence-corrected chi connectivity index (χ3v) is 2.27. The summed E-state index contributed by atoms with van der Waals surface area (Å²) in [6, 6.07) is 1.90. The lowest BCUT2D eigenvalue weighted by molar-refractivity contribution is 0.764. The molecule has 0 aliphatic carbocycles. The normalized spacial score (nSPS) is 10.8. The molecule has 0 unspecified atom stereocenters. The molecule has 5 nitrogen and oxygen atoms in total. The van der Waals surface area contributed by atoms with Gasteiger partial charge in [0.05, 0.1) is 0 Å². The van der Waals surface area contributed by atoms with Crippen LogP contribution in [0.15, 0.2) is 24.8 Å². The van der Waals surface area contributed by atoms with Crippen molar-refractivity contribution in [1.82, 2.24) is 19.5 Å². The van der Waals surface area contributed by atoms with Gasteiger partial charge in [-0.05, 0) is 0 Å². The summed E-state index contributed by atoms with van der Waals surface area (Å²) in [6.45, 7) is 4.15. The van der Waals surface area contributed by atoms with Gasteiger partial charge in [-0.1, -0.05) is 13.8 Å². The van der Waals surface area contributed by atoms with Crippen molar-refractivity contribution in [2.45, 2.75) is 19.8 Å². The van der Waals surface area contributed by atoms with Gasteiger partial charge >= 0.3 is 0 Å². The quantitative estimate of drug-likeness (QED) is 0.852. The highest BCUT2D eigenvalue weighted by atomic mass is 15.1. The molecule has 0 spiro atoms. The van der Waals surface area contributed by atoms with Gasteiger partial charge in [0.1, 0.15) is 23.8 Å². The van der Waals surface area contributed by atoms with Gasteiger partial charge in [0.15, 0.2) is 0 Å². The van der Waals surface area contributed by atoms with E-state index in [-0.39, 0.29) is 0 Å². The van der Waals surface area contributed by atoms with Gasteiger partial charge in [0, 0.05) is 31.4 Å². The number of aromatic nitrogens is 4. The molecule has 0 aliphatic heterocycles. The van der Waals surface area contributed by atoms with Crippen molar-refractivity contribution < 1.29 is 0 Å². The van der Waals surface area contributed by atoms with Crippen molar-refractivity contribution in [3.8, 4) is 5.82 Å². The summed E-state index contributed by atoms with van der Waals surface area (Å²) in [5.41, 5.74) is 0. The molecule has 0 radical (unpaired) electrons. The fourth-order valence-corrected chi connectivity index (χ4v) is 1.37. The van der Waals surface area contributed by atoms with Crippen LogP contribution >= 0.6 is 0 Å². The highest BCUT2D eigenvalue weighted by Gasteiger charge is 2.08. The lowest BCUT2D eigenvalue weighted by Crippen LogP contribution is -2.06. The molecule has 2 heterocycles. The first-order chi connectivity index (χ1) is 7.70. The minimum atomic E-state index is 0.301. The lowest BCUT2D eigenvalue weighted by atomic mass is 10.2. The number of nitrogens with one attached hydrogen (secondary N) is 1. The summed E-state index contributed by atoms with van der Waals surface area (Å²) in [7, 11) is 1.85. The second-order valence-corrected chi connectivity index (χ2v) is 3.84. The van der Waals surface area contributed by atoms with Gasteiger partial charge < -0.3 is 5.32 Å². The number of anilines is 1. The van der Waals surface area contributed by atoms with Crippen LogP contribution in [0.4, 0.5) is 5.82 Å². The highest BCUT2D eigenvalue weighted by molar-refractivity contribution is 5.41. The summed E-state index contributed by atoms with van der Waals surface area (Å²) in [5, 5.41) is 3.04. The Morgan fingerprint density at radius 2 is 2.12 bits per heavy atom. The smallest absolute Gasteiger partial charge is 0.143 e. The predicted octanol–water partition coefficient (Wildman–Crippen LogP) is 1.83. The topological polar surface area (TPSA) is 55.6 Å². The van der Waals surface area contributed by atoms with E-state index < -0.39 is 0 Å². The van der Waals surface area contributed by atoms with E-state index in [1.807, 2.05) is 23.9 Å². The number of rotatable bonds is 3. The molecular formula is C11H15N5. The van der Waals surface area contributed by atoms with E-state index in [1.165, 1.54) is 0 Å². The molecular weight excluding hydrogens is 202 g/mol. The molecule has 0 amide bonds. The van der Waals surface area contributed by atoms with E-state index in [1.54, 1.807) is 12.5 Å². The first-order valence-electron chi connectivity index (χ1n) is 5.25. The summed E-state index contributed by atoms with van der Waals surface area (Å²) in [4.78, 5) is 12.9. The van der Waals surface area contributed by atoms with Crippen LogP contribution in [0.5, 0.6) is 0 Å². The highest BCUT2D eigenvalue weighted by Crippen LogP contribution is 2.15. The fraction of sp³-hybridized carbons (Fsp3) is 0.364. The van der Waals surface area contributed by atoms with E-state index >= 15 is 0 Å². The maximum absolute atomic E-state index is 4.50. The Bertz CT molecular complexity index is 461. The molecule has 0 aliphatic rings. The minimum absolute atomic E-state index is 0.301. The molecule has 16 heavy (non-hydrogen) atoms. The van der Waals surface area contributed by atoms with E-state index in [9.17, 15) is 0 Å². The maximum Gasteiger partial charge on any atom is 0.143 e. The average Bonchev–Trinajstić information content (AvgIpc) is 2.81. The standard InChI is InChI=1S/C11H15N5/c1-8(2)11-14-9(12-3)6-10(15-11)16-5-4-13-7-16/h4-8H,1-3H3,(H,12,14,15). The molecule has 2 aromatic heterocycles. The van der Waals surface area contributed by atoms with Crippen LogP contribution in [0.25, 0.3) is 5.82 Å². The molecule has 1 N–H and O–H groups in total. The molecule has 84 valence electrons. The fourth-order valence-electron chi connectivity index (χ4n) is 1.37. The molecule has 5 heteroatoms. The third-order valence-electron chi connectivity index (χ3n) is 2.27. The van der Waals surface area contributed by atoms with Gasteiger partial charge in [0.2, 0.25) is 0 Å². The molecule has 0 fully saturated rings. The average molecular weight is 217 g/mol. The largest absolute Gasteiger partial charge is 0.373 e. The Kier molecular flexibility index (Phi) is 2.85. The Morgan fingerprint density at radius 3 is 2.69 bits per heavy atom. The van der Waals surface area contributed by atoms with Crippen LogP contribution in [0.1, 0.15) is 25.6 Å². The molecule has 2 aromatic rings. The van der Waals surface area contributed by atoms with Crippen molar-refractivity contribution >= 4 is 5.82 Å². The van der Waals surface area contributed by atoms with Crippen LogP contribution in [0, 0.1) is 0 Å². The van der Waals surface area contributed by atoms with E-state index in [0.717, 1.165) is 17.5 Å². The number of nitrogens with zero attached hydrogens (tertiary/aromatic N) is 4. The number of hydrogen-bond donors (Lipinski definition) is 1. The van der Waals surface area contributed by atoms with Gasteiger partial charge in [-0.25, -0.2) is 15.0 Å². The Hall–Kier alpha value is -1.91. The van der Waals surface area contributed by atoms with Crippen molar-refractivity contribution in [2.75, 3.05) is 12.4 Å². The van der Waals surface area contributed by atoms with Crippen LogP contribution in [-0.2, 0) is 0 Å². The molecule has 0 saturated heterocycles. The summed E-state index contributed by atoms with van der Waals surface area (Å²) < 4.78 is 1.87. The minimum Gasteiger partial charge on any atom is -0.373 e. The first-order valence-corrected chi connectivity index (χ1v) is 5.25. The zero-order valence-electron chi connectivity index (χ0n) is 9.68. The van der Waals surface area contributed by atoms with Gasteiger partial charge in [-0.3, -0.25) is 4.57 Å². The SMILES string of the molecule is CNc1cc(-n2ccnc2)nc(C(C)C)n1. The number of hydrogen-bond acceptors (Lipinski definition) is 4. The zero-order valence-corrected chi connectivity index (χ0v) is 9.68. The molecule has 0 aromatic carbocycles. The second kappa shape index (κ2) is 4.30. The molecule has 0 saturated carbocycles. The van der Waals surface area contributed by atoms with Crippen LogP contribution < -0.4 is 5.32 Å².